The molecule has 1 spiro atoms. The van der Waals surface area contributed by atoms with Crippen LogP contribution in [0.15, 0.2) is 22.7 Å². The van der Waals surface area contributed by atoms with E-state index in [4.69, 9.17) is 0 Å². The molecule has 2 aliphatic carbocycles. The summed E-state index contributed by atoms with van der Waals surface area (Å²) < 4.78 is 0.997. The third kappa shape index (κ3) is 2.88. The van der Waals surface area contributed by atoms with E-state index in [1.807, 2.05) is 18.2 Å². The Hall–Kier alpha value is -1.07. The minimum absolute atomic E-state index is 0.193. The summed E-state index contributed by atoms with van der Waals surface area (Å²) in [5.41, 5.74) is 2.23. The first kappa shape index (κ1) is 14.5. The minimum Gasteiger partial charge on any atom is -0.381 e. The maximum absolute atomic E-state index is 12.6. The van der Waals surface area contributed by atoms with E-state index in [2.05, 4.69) is 31.9 Å². The van der Waals surface area contributed by atoms with Gasteiger partial charge in [0.2, 0.25) is 5.91 Å². The lowest BCUT2D eigenvalue weighted by Gasteiger charge is -2.23. The van der Waals surface area contributed by atoms with E-state index >= 15 is 0 Å². The molecule has 2 saturated carbocycles. The van der Waals surface area contributed by atoms with Crippen molar-refractivity contribution in [3.63, 3.8) is 0 Å². The maximum Gasteiger partial charge on any atom is 0.228 e. The van der Waals surface area contributed by atoms with Crippen LogP contribution in [-0.4, -0.2) is 25.0 Å². The summed E-state index contributed by atoms with van der Waals surface area (Å²) in [5, 5.41) is 10.1. The highest BCUT2D eigenvalue weighted by atomic mass is 79.9. The van der Waals surface area contributed by atoms with E-state index in [0.29, 0.717) is 6.04 Å². The van der Waals surface area contributed by atoms with Gasteiger partial charge in [-0.2, -0.15) is 0 Å². The van der Waals surface area contributed by atoms with Crippen LogP contribution in [0.3, 0.4) is 0 Å². The van der Waals surface area contributed by atoms with E-state index in [1.54, 1.807) is 0 Å². The van der Waals surface area contributed by atoms with Gasteiger partial charge in [0.15, 0.2) is 0 Å². The highest BCUT2D eigenvalue weighted by molar-refractivity contribution is 9.10. The van der Waals surface area contributed by atoms with Crippen molar-refractivity contribution in [2.24, 2.45) is 11.3 Å². The van der Waals surface area contributed by atoms with Gasteiger partial charge in [0.25, 0.3) is 0 Å². The molecule has 1 amide bonds. The molecule has 1 aliphatic heterocycles. The first-order valence-corrected chi connectivity index (χ1v) is 9.03. The number of amides is 1. The van der Waals surface area contributed by atoms with Crippen molar-refractivity contribution < 1.29 is 4.79 Å². The number of hydrogen-bond acceptors (Lipinski definition) is 3. The van der Waals surface area contributed by atoms with Gasteiger partial charge in [0, 0.05) is 16.4 Å². The molecule has 5 heteroatoms. The van der Waals surface area contributed by atoms with Crippen LogP contribution < -0.4 is 16.0 Å². The molecule has 1 unspecified atom stereocenters. The Morgan fingerprint density at radius 3 is 2.73 bits per heavy atom. The number of nitrogens with one attached hydrogen (secondary N) is 3. The summed E-state index contributed by atoms with van der Waals surface area (Å²) in [6.45, 7) is 2.10. The summed E-state index contributed by atoms with van der Waals surface area (Å²) in [6, 6.07) is 6.64. The molecule has 3 fully saturated rings. The van der Waals surface area contributed by atoms with Crippen LogP contribution in [0.4, 0.5) is 11.4 Å². The molecule has 0 aromatic heterocycles. The Morgan fingerprint density at radius 2 is 2.00 bits per heavy atom. The molecular weight excluding hydrogens is 342 g/mol. The summed E-state index contributed by atoms with van der Waals surface area (Å²) >= 11 is 3.50. The minimum atomic E-state index is 0.193. The highest BCUT2D eigenvalue weighted by Crippen LogP contribution is 2.58. The summed E-state index contributed by atoms with van der Waals surface area (Å²) in [7, 11) is 0. The molecule has 4 nitrogen and oxygen atoms in total. The molecule has 22 heavy (non-hydrogen) atoms. The Balaban J connectivity index is 1.46. The number of rotatable bonds is 4. The van der Waals surface area contributed by atoms with Crippen LogP contribution in [0.1, 0.15) is 32.1 Å². The van der Waals surface area contributed by atoms with Gasteiger partial charge in [-0.1, -0.05) is 15.9 Å². The van der Waals surface area contributed by atoms with E-state index in [1.165, 1.54) is 12.8 Å². The van der Waals surface area contributed by atoms with Gasteiger partial charge in [0.1, 0.15) is 0 Å². The average Bonchev–Trinajstić information content (AvgIpc) is 3.41. The number of carbonyl (C=O) groups is 1. The SMILES string of the molecule is O=C(Nc1cc(Br)ccc1NC1CC1)C1CC12CCNCC2. The lowest BCUT2D eigenvalue weighted by Crippen LogP contribution is -2.31. The van der Waals surface area contributed by atoms with E-state index < -0.39 is 0 Å². The topological polar surface area (TPSA) is 53.2 Å². The Bertz CT molecular complexity index is 594. The highest BCUT2D eigenvalue weighted by Gasteiger charge is 2.57. The number of anilines is 2. The van der Waals surface area contributed by atoms with Crippen LogP contribution in [0.25, 0.3) is 0 Å². The van der Waals surface area contributed by atoms with Crippen molar-refractivity contribution in [2.75, 3.05) is 23.7 Å². The van der Waals surface area contributed by atoms with Crippen LogP contribution >= 0.6 is 15.9 Å². The van der Waals surface area contributed by atoms with Crippen LogP contribution in [0, 0.1) is 11.3 Å². The fraction of sp³-hybridized carbons (Fsp3) is 0.588. The van der Waals surface area contributed by atoms with Crippen LogP contribution in [0.2, 0.25) is 0 Å². The van der Waals surface area contributed by atoms with Crippen LogP contribution in [0.5, 0.6) is 0 Å². The molecule has 1 heterocycles. The molecule has 1 aromatic rings. The lowest BCUT2D eigenvalue weighted by atomic mass is 9.92. The standard InChI is InChI=1S/C17H22BrN3O/c18-11-1-4-14(20-12-2-3-12)15(9-11)21-16(22)13-10-17(13)5-7-19-8-6-17/h1,4,9,12-13,19-20H,2-3,5-8,10H2,(H,21,22). The van der Waals surface area contributed by atoms with Gasteiger partial charge in [-0.3, -0.25) is 4.79 Å². The van der Waals surface area contributed by atoms with Crippen molar-refractivity contribution in [1.29, 1.82) is 0 Å². The number of hydrogen-bond donors (Lipinski definition) is 3. The maximum atomic E-state index is 12.6. The predicted octanol–water partition coefficient (Wildman–Crippen LogP) is 3.35. The molecule has 3 N–H and O–H groups in total. The molecule has 0 radical (unpaired) electrons. The molecular formula is C17H22BrN3O. The Kier molecular flexibility index (Phi) is 3.65. The van der Waals surface area contributed by atoms with E-state index in [-0.39, 0.29) is 17.2 Å². The zero-order valence-corrected chi connectivity index (χ0v) is 14.2. The monoisotopic (exact) mass is 363 g/mol. The normalized spacial score (nSPS) is 25.8. The third-order valence-electron chi connectivity index (χ3n) is 5.28. The van der Waals surface area contributed by atoms with Crippen molar-refractivity contribution in [2.45, 2.75) is 38.1 Å². The second-order valence-corrected chi connectivity index (χ2v) is 7.88. The Morgan fingerprint density at radius 1 is 1.23 bits per heavy atom. The molecule has 1 atom stereocenters. The first-order valence-electron chi connectivity index (χ1n) is 8.24. The summed E-state index contributed by atoms with van der Waals surface area (Å²) in [5.74, 6) is 0.390. The largest absolute Gasteiger partial charge is 0.381 e. The summed E-state index contributed by atoms with van der Waals surface area (Å²) in [4.78, 5) is 12.6. The zero-order valence-electron chi connectivity index (χ0n) is 12.6. The van der Waals surface area contributed by atoms with Gasteiger partial charge in [-0.05, 0) is 68.8 Å². The second-order valence-electron chi connectivity index (χ2n) is 6.97. The first-order chi connectivity index (χ1) is 10.7. The summed E-state index contributed by atoms with van der Waals surface area (Å²) in [6.07, 6.45) is 5.78. The van der Waals surface area contributed by atoms with E-state index in [9.17, 15) is 4.79 Å². The molecule has 4 rings (SSSR count). The molecule has 1 saturated heterocycles. The van der Waals surface area contributed by atoms with E-state index in [0.717, 1.165) is 48.2 Å². The number of benzene rings is 1. The van der Waals surface area contributed by atoms with Crippen LogP contribution in [-0.2, 0) is 4.79 Å². The quantitative estimate of drug-likeness (QED) is 0.768. The van der Waals surface area contributed by atoms with Crippen molar-refractivity contribution >= 4 is 33.2 Å². The number of halogens is 1. The van der Waals surface area contributed by atoms with Crippen molar-refractivity contribution in [1.82, 2.24) is 5.32 Å². The fourth-order valence-electron chi connectivity index (χ4n) is 3.61. The number of piperidine rings is 1. The predicted molar refractivity (Wildman–Crippen MR) is 92.1 cm³/mol. The van der Waals surface area contributed by atoms with Gasteiger partial charge in [-0.25, -0.2) is 0 Å². The Labute approximate surface area is 139 Å². The van der Waals surface area contributed by atoms with Crippen molar-refractivity contribution in [3.05, 3.63) is 22.7 Å². The molecule has 1 aromatic carbocycles. The van der Waals surface area contributed by atoms with Gasteiger partial charge in [0.05, 0.1) is 11.4 Å². The molecule has 3 aliphatic rings. The molecule has 0 bridgehead atoms. The lowest BCUT2D eigenvalue weighted by molar-refractivity contribution is -0.118. The van der Waals surface area contributed by atoms with Gasteiger partial charge < -0.3 is 16.0 Å². The molecule has 118 valence electrons. The zero-order chi connectivity index (χ0) is 15.2. The third-order valence-corrected chi connectivity index (χ3v) is 5.78. The average molecular weight is 364 g/mol. The van der Waals surface area contributed by atoms with Gasteiger partial charge in [-0.15, -0.1) is 0 Å². The van der Waals surface area contributed by atoms with Gasteiger partial charge >= 0.3 is 0 Å². The number of carbonyl (C=O) groups excluding carboxylic acids is 1. The van der Waals surface area contributed by atoms with Crippen molar-refractivity contribution in [3.8, 4) is 0 Å². The fourth-order valence-corrected chi connectivity index (χ4v) is 3.97. The second kappa shape index (κ2) is 5.53. The smallest absolute Gasteiger partial charge is 0.228 e.